The number of carbonyl (C=O) groups is 2. The Morgan fingerprint density at radius 1 is 1.14 bits per heavy atom. The number of ether oxygens (including phenoxy) is 3. The molecule has 188 valence electrons. The molecule has 0 radical (unpaired) electrons. The van der Waals surface area contributed by atoms with Gasteiger partial charge in [0.2, 0.25) is 5.91 Å². The average Bonchev–Trinajstić information content (AvgIpc) is 3.32. The Hall–Kier alpha value is -3.79. The minimum absolute atomic E-state index is 0.101. The van der Waals surface area contributed by atoms with E-state index in [9.17, 15) is 9.59 Å². The molecule has 2 aliphatic rings. The zero-order valence-corrected chi connectivity index (χ0v) is 21.4. The lowest BCUT2D eigenvalue weighted by atomic mass is 9.92. The third-order valence-electron chi connectivity index (χ3n) is 5.90. The smallest absolute Gasteiger partial charge is 0.338 e. The number of hydrogen-bond acceptors (Lipinski definition) is 9. The number of hydrogen-bond donors (Lipinski definition) is 1. The van der Waals surface area contributed by atoms with Gasteiger partial charge >= 0.3 is 5.97 Å². The summed E-state index contributed by atoms with van der Waals surface area (Å²) in [6, 6.07) is 10.4. The number of allylic oxidation sites excluding steroid dienone is 1. The molecule has 3 heterocycles. The second kappa shape index (κ2) is 11.3. The normalized spacial score (nSPS) is 16.7. The van der Waals surface area contributed by atoms with Crippen molar-refractivity contribution in [3.8, 4) is 11.5 Å². The molecule has 1 amide bonds. The highest BCUT2D eigenvalue weighted by Gasteiger charge is 2.42. The van der Waals surface area contributed by atoms with E-state index in [1.165, 1.54) is 18.9 Å². The van der Waals surface area contributed by atoms with E-state index in [-0.39, 0.29) is 12.3 Å². The first-order valence-electron chi connectivity index (χ1n) is 11.4. The number of amides is 1. The van der Waals surface area contributed by atoms with Gasteiger partial charge in [-0.25, -0.2) is 9.79 Å². The van der Waals surface area contributed by atoms with Crippen molar-refractivity contribution in [1.29, 1.82) is 0 Å². The molecule has 1 atom stereocenters. The summed E-state index contributed by atoms with van der Waals surface area (Å²) in [5.74, 6) is 0.529. The van der Waals surface area contributed by atoms with Crippen molar-refractivity contribution in [1.82, 2.24) is 15.2 Å². The van der Waals surface area contributed by atoms with Gasteiger partial charge in [0.25, 0.3) is 0 Å². The number of fused-ring (bicyclic) bond motifs is 1. The van der Waals surface area contributed by atoms with E-state index in [2.05, 4.69) is 10.3 Å². The Kier molecular flexibility index (Phi) is 7.94. The van der Waals surface area contributed by atoms with Crippen LogP contribution in [-0.4, -0.2) is 48.3 Å². The third-order valence-corrected chi connectivity index (χ3v) is 6.79. The maximum absolute atomic E-state index is 13.1. The predicted octanol–water partition coefficient (Wildman–Crippen LogP) is 3.94. The molecule has 4 rings (SSSR count). The second-order valence-corrected chi connectivity index (χ2v) is 8.82. The number of benzene rings is 1. The minimum Gasteiger partial charge on any atom is -0.497 e. The number of methoxy groups -OCH3 is 3. The standard InChI is InChI=1S/C26H28N4O5S/c1-5-20-23(25(32)35-4)24(19-10-9-18(33-2)13-21(19)34-3)30-17(15-36-26(30)29-20)12-22(31)28-14-16-8-6-7-11-27-16/h6-11,13,15,24H,5,12,14H2,1-4H3,(H,28,31)/t24-/m0/s1. The maximum Gasteiger partial charge on any atom is 0.338 e. The molecule has 0 bridgehead atoms. The fourth-order valence-corrected chi connectivity index (χ4v) is 5.11. The lowest BCUT2D eigenvalue weighted by molar-refractivity contribution is -0.136. The Morgan fingerprint density at radius 3 is 2.64 bits per heavy atom. The Morgan fingerprint density at radius 2 is 1.97 bits per heavy atom. The molecule has 9 nitrogen and oxygen atoms in total. The van der Waals surface area contributed by atoms with Crippen molar-refractivity contribution < 1.29 is 23.8 Å². The van der Waals surface area contributed by atoms with Gasteiger partial charge in [0.15, 0.2) is 5.17 Å². The zero-order valence-electron chi connectivity index (χ0n) is 20.6. The highest BCUT2D eigenvalue weighted by Crippen LogP contribution is 2.48. The van der Waals surface area contributed by atoms with Crippen LogP contribution in [0.4, 0.5) is 0 Å². The molecule has 0 fully saturated rings. The van der Waals surface area contributed by atoms with Crippen molar-refractivity contribution in [2.45, 2.75) is 32.4 Å². The fourth-order valence-electron chi connectivity index (χ4n) is 4.17. The number of nitrogens with one attached hydrogen (secondary N) is 1. The van der Waals surface area contributed by atoms with Crippen LogP contribution in [0.15, 0.2) is 70.0 Å². The molecule has 0 aliphatic carbocycles. The molecule has 1 aromatic heterocycles. The van der Waals surface area contributed by atoms with Crippen molar-refractivity contribution in [3.05, 3.63) is 76.2 Å². The number of carbonyl (C=O) groups excluding carboxylic acids is 2. The van der Waals surface area contributed by atoms with E-state index in [1.54, 1.807) is 26.5 Å². The predicted molar refractivity (Wildman–Crippen MR) is 137 cm³/mol. The summed E-state index contributed by atoms with van der Waals surface area (Å²) in [4.78, 5) is 36.9. The lowest BCUT2D eigenvalue weighted by Crippen LogP contribution is -2.38. The number of esters is 1. The highest BCUT2D eigenvalue weighted by atomic mass is 32.2. The number of rotatable bonds is 9. The van der Waals surface area contributed by atoms with Gasteiger partial charge in [0, 0.05) is 23.5 Å². The molecule has 0 saturated heterocycles. The number of nitrogens with zero attached hydrogens (tertiary/aromatic N) is 3. The molecule has 0 spiro atoms. The molecule has 0 unspecified atom stereocenters. The number of amidine groups is 1. The molecule has 0 saturated carbocycles. The Bertz CT molecular complexity index is 1240. The van der Waals surface area contributed by atoms with Gasteiger partial charge in [-0.3, -0.25) is 9.78 Å². The summed E-state index contributed by atoms with van der Waals surface area (Å²) in [6.07, 6.45) is 2.33. The summed E-state index contributed by atoms with van der Waals surface area (Å²) in [5.41, 5.74) is 3.27. The van der Waals surface area contributed by atoms with Crippen LogP contribution in [0, 0.1) is 0 Å². The van der Waals surface area contributed by atoms with Crippen LogP contribution >= 0.6 is 11.8 Å². The molecular weight excluding hydrogens is 480 g/mol. The van der Waals surface area contributed by atoms with Gasteiger partial charge < -0.3 is 24.4 Å². The van der Waals surface area contributed by atoms with E-state index in [0.29, 0.717) is 40.9 Å². The number of pyridine rings is 1. The Balaban J connectivity index is 1.70. The summed E-state index contributed by atoms with van der Waals surface area (Å²) >= 11 is 1.42. The van der Waals surface area contributed by atoms with Gasteiger partial charge in [-0.15, -0.1) is 0 Å². The van der Waals surface area contributed by atoms with Crippen LogP contribution in [0.1, 0.15) is 37.1 Å². The monoisotopic (exact) mass is 508 g/mol. The van der Waals surface area contributed by atoms with Crippen LogP contribution < -0.4 is 14.8 Å². The van der Waals surface area contributed by atoms with E-state index in [1.807, 2.05) is 47.6 Å². The highest BCUT2D eigenvalue weighted by molar-refractivity contribution is 8.16. The fraction of sp³-hybridized carbons (Fsp3) is 0.308. The van der Waals surface area contributed by atoms with Crippen molar-refractivity contribution in [2.75, 3.05) is 21.3 Å². The van der Waals surface area contributed by atoms with Gasteiger partial charge in [0.05, 0.1) is 57.3 Å². The zero-order chi connectivity index (χ0) is 25.7. The maximum atomic E-state index is 13.1. The van der Waals surface area contributed by atoms with Crippen molar-refractivity contribution in [2.24, 2.45) is 4.99 Å². The SMILES string of the molecule is CCC1=C(C(=O)OC)[C@H](c2ccc(OC)cc2OC)N2C(CC(=O)NCc3ccccn3)=CSC2=N1. The first kappa shape index (κ1) is 25.3. The van der Waals surface area contributed by atoms with Gasteiger partial charge in [-0.2, -0.15) is 0 Å². The van der Waals surface area contributed by atoms with Gasteiger partial charge in [0.1, 0.15) is 11.5 Å². The molecule has 1 N–H and O–H groups in total. The summed E-state index contributed by atoms with van der Waals surface area (Å²) in [5, 5.41) is 5.50. The van der Waals surface area contributed by atoms with Crippen LogP contribution in [0.5, 0.6) is 11.5 Å². The first-order chi connectivity index (χ1) is 17.5. The number of thioether (sulfide) groups is 1. The van der Waals surface area contributed by atoms with Crippen molar-refractivity contribution >= 4 is 28.8 Å². The van der Waals surface area contributed by atoms with E-state index >= 15 is 0 Å². The van der Waals surface area contributed by atoms with Crippen LogP contribution in [0.3, 0.4) is 0 Å². The van der Waals surface area contributed by atoms with E-state index < -0.39 is 12.0 Å². The molecule has 36 heavy (non-hydrogen) atoms. The Labute approximate surface area is 214 Å². The van der Waals surface area contributed by atoms with Gasteiger partial charge in [-0.1, -0.05) is 24.8 Å². The molecule has 2 aliphatic heterocycles. The quantitative estimate of drug-likeness (QED) is 0.508. The minimum atomic E-state index is -0.592. The molecule has 2 aromatic rings. The molecule has 10 heteroatoms. The van der Waals surface area contributed by atoms with Gasteiger partial charge in [-0.05, 0) is 36.1 Å². The molecule has 1 aromatic carbocycles. The number of aliphatic imine (C=N–C) groups is 1. The summed E-state index contributed by atoms with van der Waals surface area (Å²) in [7, 11) is 4.50. The van der Waals surface area contributed by atoms with Crippen LogP contribution in [0.25, 0.3) is 0 Å². The van der Waals surface area contributed by atoms with Crippen molar-refractivity contribution in [3.63, 3.8) is 0 Å². The summed E-state index contributed by atoms with van der Waals surface area (Å²) < 4.78 is 16.2. The van der Waals surface area contributed by atoms with E-state index in [0.717, 1.165) is 17.0 Å². The van der Waals surface area contributed by atoms with Crippen LogP contribution in [-0.2, 0) is 20.9 Å². The third kappa shape index (κ3) is 5.08. The first-order valence-corrected chi connectivity index (χ1v) is 12.3. The summed E-state index contributed by atoms with van der Waals surface area (Å²) in [6.45, 7) is 2.27. The lowest BCUT2D eigenvalue weighted by Gasteiger charge is -2.37. The average molecular weight is 509 g/mol. The largest absolute Gasteiger partial charge is 0.497 e. The van der Waals surface area contributed by atoms with E-state index in [4.69, 9.17) is 19.2 Å². The van der Waals surface area contributed by atoms with Crippen LogP contribution in [0.2, 0.25) is 0 Å². The topological polar surface area (TPSA) is 102 Å². The molecular formula is C26H28N4O5S. The number of aromatic nitrogens is 1. The second-order valence-electron chi connectivity index (χ2n) is 7.98.